The van der Waals surface area contributed by atoms with Crippen LogP contribution in [0, 0.1) is 0 Å². The highest BCUT2D eigenvalue weighted by atomic mass is 32.2. The van der Waals surface area contributed by atoms with Crippen LogP contribution in [0.5, 0.6) is 0 Å². The number of nitrogens with one attached hydrogen (secondary N) is 1. The summed E-state index contributed by atoms with van der Waals surface area (Å²) in [4.78, 5) is 29.4. The zero-order valence-electron chi connectivity index (χ0n) is 15.2. The predicted octanol–water partition coefficient (Wildman–Crippen LogP) is 2.94. The summed E-state index contributed by atoms with van der Waals surface area (Å²) in [6.45, 7) is 4.32. The van der Waals surface area contributed by atoms with E-state index in [1.54, 1.807) is 13.8 Å². The lowest BCUT2D eigenvalue weighted by Gasteiger charge is -2.18. The Morgan fingerprint density at radius 3 is 2.44 bits per heavy atom. The molecule has 1 N–H and O–H groups in total. The largest absolute Gasteiger partial charge is 0.298 e. The first-order valence-electron chi connectivity index (χ1n) is 8.81. The van der Waals surface area contributed by atoms with Crippen LogP contribution in [0.1, 0.15) is 52.4 Å². The van der Waals surface area contributed by atoms with Crippen LogP contribution in [0.3, 0.4) is 0 Å². The number of anilines is 1. The molecule has 0 saturated carbocycles. The highest BCUT2D eigenvalue weighted by Crippen LogP contribution is 2.30. The summed E-state index contributed by atoms with van der Waals surface area (Å²) in [5.41, 5.74) is 1.07. The molecule has 1 amide bonds. The summed E-state index contributed by atoms with van der Waals surface area (Å²) in [5.74, 6) is -0.319. The van der Waals surface area contributed by atoms with Crippen molar-refractivity contribution in [3.8, 4) is 0 Å². The van der Waals surface area contributed by atoms with Crippen LogP contribution >= 0.6 is 11.3 Å². The van der Waals surface area contributed by atoms with E-state index in [9.17, 15) is 18.0 Å². The Bertz CT molecular complexity index is 961. The number of aromatic nitrogens is 1. The minimum Gasteiger partial charge on any atom is -0.298 e. The molecule has 2 aromatic rings. The number of Topliss-reactive ketones (excluding diaryl/α,β-unsaturated/α-hetero) is 1. The molecule has 27 heavy (non-hydrogen) atoms. The maximum Gasteiger partial charge on any atom is 0.257 e. The van der Waals surface area contributed by atoms with E-state index in [0.29, 0.717) is 35.1 Å². The zero-order valence-corrected chi connectivity index (χ0v) is 16.8. The quantitative estimate of drug-likeness (QED) is 0.794. The number of carbonyl (C=O) groups is 2. The summed E-state index contributed by atoms with van der Waals surface area (Å²) in [7, 11) is -3.56. The van der Waals surface area contributed by atoms with Crippen LogP contribution in [-0.4, -0.2) is 42.5 Å². The fourth-order valence-electron chi connectivity index (χ4n) is 2.98. The van der Waals surface area contributed by atoms with Gasteiger partial charge in [0.05, 0.1) is 15.5 Å². The van der Waals surface area contributed by atoms with E-state index in [1.165, 1.54) is 39.9 Å². The molecule has 0 radical (unpaired) electrons. The normalized spacial score (nSPS) is 14.3. The van der Waals surface area contributed by atoms with Gasteiger partial charge < -0.3 is 0 Å². The monoisotopic (exact) mass is 407 g/mol. The molecule has 7 nitrogen and oxygen atoms in total. The number of aryl methyl sites for hydroxylation is 1. The summed E-state index contributed by atoms with van der Waals surface area (Å²) >= 11 is 1.19. The van der Waals surface area contributed by atoms with Gasteiger partial charge in [-0.3, -0.25) is 14.9 Å². The molecule has 0 atom stereocenters. The Morgan fingerprint density at radius 2 is 1.85 bits per heavy atom. The van der Waals surface area contributed by atoms with Gasteiger partial charge in [-0.05, 0) is 37.1 Å². The summed E-state index contributed by atoms with van der Waals surface area (Å²) in [5, 5.41) is 3.08. The number of ketones is 1. The van der Waals surface area contributed by atoms with Gasteiger partial charge in [0, 0.05) is 25.1 Å². The average molecular weight is 408 g/mol. The molecular weight excluding hydrogens is 386 g/mol. The summed E-state index contributed by atoms with van der Waals surface area (Å²) in [6, 6.07) is 5.81. The van der Waals surface area contributed by atoms with E-state index >= 15 is 0 Å². The van der Waals surface area contributed by atoms with Crippen LogP contribution in [0.4, 0.5) is 5.13 Å². The summed E-state index contributed by atoms with van der Waals surface area (Å²) in [6.07, 6.45) is 2.04. The summed E-state index contributed by atoms with van der Waals surface area (Å²) < 4.78 is 26.3. The fraction of sp³-hybridized carbons (Fsp3) is 0.389. The lowest BCUT2D eigenvalue weighted by molar-refractivity contribution is 0.0975. The van der Waals surface area contributed by atoms with E-state index in [2.05, 4.69) is 10.3 Å². The maximum atomic E-state index is 12.5. The minimum absolute atomic E-state index is 0.0696. The molecule has 1 aliphatic rings. The Kier molecular flexibility index (Phi) is 5.73. The van der Waals surface area contributed by atoms with E-state index in [4.69, 9.17) is 0 Å². The van der Waals surface area contributed by atoms with Crippen LogP contribution in [0.25, 0.3) is 0 Å². The first kappa shape index (κ1) is 19.7. The lowest BCUT2D eigenvalue weighted by atomic mass is 10.0. The maximum absolute atomic E-state index is 12.5. The molecule has 0 unspecified atom stereocenters. The molecule has 0 saturated heterocycles. The molecule has 3 rings (SSSR count). The van der Waals surface area contributed by atoms with Gasteiger partial charge in [-0.25, -0.2) is 13.4 Å². The average Bonchev–Trinajstić information content (AvgIpc) is 3.06. The van der Waals surface area contributed by atoms with Crippen molar-refractivity contribution in [3.05, 3.63) is 40.4 Å². The molecular formula is C18H21N3O4S2. The number of sulfonamides is 1. The third kappa shape index (κ3) is 3.95. The Balaban J connectivity index is 1.76. The third-order valence-electron chi connectivity index (χ3n) is 4.45. The van der Waals surface area contributed by atoms with E-state index in [0.717, 1.165) is 18.5 Å². The van der Waals surface area contributed by atoms with Crippen LogP contribution in [0.2, 0.25) is 0 Å². The smallest absolute Gasteiger partial charge is 0.257 e. The standard InChI is InChI=1S/C18H21N3O4S2/c1-3-21(4-2)27(24,25)13-10-8-12(9-11-13)17(23)20-18-19-14-6-5-7-15(22)16(14)26-18/h8-11H,3-7H2,1-2H3,(H,19,20,23). The van der Waals surface area contributed by atoms with Crippen molar-refractivity contribution in [1.82, 2.24) is 9.29 Å². The second-order valence-electron chi connectivity index (χ2n) is 6.14. The third-order valence-corrected chi connectivity index (χ3v) is 7.57. The molecule has 9 heteroatoms. The van der Waals surface area contributed by atoms with E-state index in [1.807, 2.05) is 0 Å². The van der Waals surface area contributed by atoms with Gasteiger partial charge in [0.2, 0.25) is 10.0 Å². The van der Waals surface area contributed by atoms with Gasteiger partial charge in [-0.1, -0.05) is 25.2 Å². The van der Waals surface area contributed by atoms with Gasteiger partial charge >= 0.3 is 0 Å². The highest BCUT2D eigenvalue weighted by Gasteiger charge is 2.24. The second kappa shape index (κ2) is 7.87. The van der Waals surface area contributed by atoms with Crippen LogP contribution in [0.15, 0.2) is 29.2 Å². The molecule has 1 aliphatic carbocycles. The van der Waals surface area contributed by atoms with Gasteiger partial charge in [0.1, 0.15) is 0 Å². The number of amides is 1. The molecule has 144 valence electrons. The first-order valence-corrected chi connectivity index (χ1v) is 11.1. The van der Waals surface area contributed by atoms with Gasteiger partial charge in [-0.15, -0.1) is 0 Å². The van der Waals surface area contributed by atoms with Crippen molar-refractivity contribution >= 4 is 38.2 Å². The molecule has 0 fully saturated rings. The SMILES string of the molecule is CCN(CC)S(=O)(=O)c1ccc(C(=O)Nc2nc3c(s2)C(=O)CCC3)cc1. The molecule has 0 bridgehead atoms. The van der Waals surface area contributed by atoms with Crippen molar-refractivity contribution in [2.45, 2.75) is 38.0 Å². The Hall–Kier alpha value is -2.10. The van der Waals surface area contributed by atoms with E-state index in [-0.39, 0.29) is 16.6 Å². The van der Waals surface area contributed by atoms with Gasteiger partial charge in [-0.2, -0.15) is 4.31 Å². The molecule has 0 aliphatic heterocycles. The van der Waals surface area contributed by atoms with Gasteiger partial charge in [0.15, 0.2) is 10.9 Å². The van der Waals surface area contributed by atoms with Crippen molar-refractivity contribution in [1.29, 1.82) is 0 Å². The molecule has 1 aromatic heterocycles. The number of nitrogens with zero attached hydrogens (tertiary/aromatic N) is 2. The number of thiazole rings is 1. The lowest BCUT2D eigenvalue weighted by Crippen LogP contribution is -2.30. The number of fused-ring (bicyclic) bond motifs is 1. The number of benzene rings is 1. The highest BCUT2D eigenvalue weighted by molar-refractivity contribution is 7.89. The van der Waals surface area contributed by atoms with Crippen molar-refractivity contribution in [3.63, 3.8) is 0 Å². The van der Waals surface area contributed by atoms with Crippen molar-refractivity contribution in [2.24, 2.45) is 0 Å². The van der Waals surface area contributed by atoms with Gasteiger partial charge in [0.25, 0.3) is 5.91 Å². The number of carbonyl (C=O) groups excluding carboxylic acids is 2. The first-order chi connectivity index (χ1) is 12.9. The second-order valence-corrected chi connectivity index (χ2v) is 9.08. The number of rotatable bonds is 6. The molecule has 1 aromatic carbocycles. The van der Waals surface area contributed by atoms with Crippen LogP contribution < -0.4 is 5.32 Å². The Labute approximate surface area is 162 Å². The minimum atomic E-state index is -3.56. The Morgan fingerprint density at radius 1 is 1.19 bits per heavy atom. The fourth-order valence-corrected chi connectivity index (χ4v) is 5.41. The van der Waals surface area contributed by atoms with Crippen molar-refractivity contribution < 1.29 is 18.0 Å². The number of hydrogen-bond donors (Lipinski definition) is 1. The van der Waals surface area contributed by atoms with E-state index < -0.39 is 10.0 Å². The number of hydrogen-bond acceptors (Lipinski definition) is 6. The topological polar surface area (TPSA) is 96.4 Å². The molecule has 1 heterocycles. The van der Waals surface area contributed by atoms with Crippen molar-refractivity contribution in [2.75, 3.05) is 18.4 Å². The predicted molar refractivity (Wildman–Crippen MR) is 104 cm³/mol. The zero-order chi connectivity index (χ0) is 19.6. The van der Waals surface area contributed by atoms with Crippen LogP contribution in [-0.2, 0) is 16.4 Å². The molecule has 0 spiro atoms.